The van der Waals surface area contributed by atoms with Crippen LogP contribution in [0.1, 0.15) is 72.6 Å². The lowest BCUT2D eigenvalue weighted by molar-refractivity contribution is 0.136. The van der Waals surface area contributed by atoms with Gasteiger partial charge in [-0.25, -0.2) is 0 Å². The Morgan fingerprint density at radius 3 is 2.17 bits per heavy atom. The van der Waals surface area contributed by atoms with E-state index in [1.807, 2.05) is 0 Å². The molecular formula is C17H33N. The molecule has 2 rings (SSSR count). The monoisotopic (exact) mass is 251 g/mol. The fourth-order valence-electron chi connectivity index (χ4n) is 3.55. The molecule has 1 heteroatoms. The van der Waals surface area contributed by atoms with Gasteiger partial charge >= 0.3 is 0 Å². The third-order valence-electron chi connectivity index (χ3n) is 5.90. The van der Waals surface area contributed by atoms with E-state index in [4.69, 9.17) is 0 Å². The van der Waals surface area contributed by atoms with Gasteiger partial charge in [-0.1, -0.05) is 34.1 Å². The van der Waals surface area contributed by atoms with Crippen LogP contribution < -0.4 is 5.32 Å². The van der Waals surface area contributed by atoms with E-state index in [0.717, 1.165) is 23.8 Å². The van der Waals surface area contributed by atoms with E-state index in [1.54, 1.807) is 0 Å². The molecule has 0 aromatic carbocycles. The maximum Gasteiger partial charge on any atom is 0.00673 e. The van der Waals surface area contributed by atoms with E-state index in [1.165, 1.54) is 51.5 Å². The Hall–Kier alpha value is -0.0400. The zero-order valence-electron chi connectivity index (χ0n) is 13.0. The lowest BCUT2D eigenvalue weighted by atomic mass is 9.69. The molecule has 1 N–H and O–H groups in total. The maximum atomic E-state index is 3.83. The molecule has 1 nitrogen and oxygen atoms in total. The predicted octanol–water partition coefficient (Wildman–Crippen LogP) is 4.62. The Labute approximate surface area is 114 Å². The van der Waals surface area contributed by atoms with Gasteiger partial charge in [0.2, 0.25) is 0 Å². The Bertz CT molecular complexity index is 246. The first-order valence-electron chi connectivity index (χ1n) is 8.26. The highest BCUT2D eigenvalue weighted by atomic mass is 14.9. The molecular weight excluding hydrogens is 218 g/mol. The van der Waals surface area contributed by atoms with Gasteiger partial charge in [0.05, 0.1) is 0 Å². The summed E-state index contributed by atoms with van der Waals surface area (Å²) in [6.07, 6.45) is 10.00. The second-order valence-electron chi connectivity index (χ2n) is 7.61. The molecule has 0 aliphatic heterocycles. The lowest BCUT2D eigenvalue weighted by Crippen LogP contribution is -2.38. The van der Waals surface area contributed by atoms with Gasteiger partial charge in [0.25, 0.3) is 0 Å². The van der Waals surface area contributed by atoms with Gasteiger partial charge in [-0.3, -0.25) is 0 Å². The van der Waals surface area contributed by atoms with E-state index < -0.39 is 0 Å². The van der Waals surface area contributed by atoms with Crippen molar-refractivity contribution in [2.24, 2.45) is 23.2 Å². The predicted molar refractivity (Wildman–Crippen MR) is 79.7 cm³/mol. The maximum absolute atomic E-state index is 3.83. The molecule has 0 heterocycles. The van der Waals surface area contributed by atoms with Crippen LogP contribution in [0.4, 0.5) is 0 Å². The lowest BCUT2D eigenvalue weighted by Gasteiger charge is -2.39. The highest BCUT2D eigenvalue weighted by molar-refractivity contribution is 4.86. The van der Waals surface area contributed by atoms with Crippen LogP contribution in [0.5, 0.6) is 0 Å². The minimum atomic E-state index is 0.562. The molecule has 0 bridgehead atoms. The van der Waals surface area contributed by atoms with Crippen LogP contribution in [-0.2, 0) is 0 Å². The normalized spacial score (nSPS) is 31.3. The second kappa shape index (κ2) is 5.94. The summed E-state index contributed by atoms with van der Waals surface area (Å²) in [5.74, 6) is 2.92. The van der Waals surface area contributed by atoms with E-state index in [-0.39, 0.29) is 0 Å². The quantitative estimate of drug-likeness (QED) is 0.726. The molecule has 1 unspecified atom stereocenters. The summed E-state index contributed by atoms with van der Waals surface area (Å²) in [6, 6.07) is 0.815. The third kappa shape index (κ3) is 3.73. The smallest absolute Gasteiger partial charge is 0.00673 e. The van der Waals surface area contributed by atoms with Crippen LogP contribution in [0.2, 0.25) is 0 Å². The van der Waals surface area contributed by atoms with Crippen molar-refractivity contribution < 1.29 is 0 Å². The first-order chi connectivity index (χ1) is 8.53. The summed E-state index contributed by atoms with van der Waals surface area (Å²) in [4.78, 5) is 0. The van der Waals surface area contributed by atoms with Crippen molar-refractivity contribution in [3.8, 4) is 0 Å². The van der Waals surface area contributed by atoms with E-state index in [9.17, 15) is 0 Å². The molecule has 0 amide bonds. The van der Waals surface area contributed by atoms with Crippen molar-refractivity contribution in [1.82, 2.24) is 5.32 Å². The van der Waals surface area contributed by atoms with Crippen molar-refractivity contribution in [2.45, 2.75) is 78.7 Å². The van der Waals surface area contributed by atoms with Crippen LogP contribution in [-0.4, -0.2) is 12.6 Å². The molecule has 106 valence electrons. The Morgan fingerprint density at radius 2 is 1.67 bits per heavy atom. The van der Waals surface area contributed by atoms with Gasteiger partial charge in [0, 0.05) is 6.04 Å². The summed E-state index contributed by atoms with van der Waals surface area (Å²) in [6.45, 7) is 11.0. The Morgan fingerprint density at radius 1 is 1.06 bits per heavy atom. The highest BCUT2D eigenvalue weighted by Gasteiger charge is 2.32. The third-order valence-corrected chi connectivity index (χ3v) is 5.90. The molecule has 18 heavy (non-hydrogen) atoms. The van der Waals surface area contributed by atoms with Crippen molar-refractivity contribution in [1.29, 1.82) is 0 Å². The van der Waals surface area contributed by atoms with Gasteiger partial charge in [-0.2, -0.15) is 0 Å². The molecule has 2 saturated carbocycles. The average molecular weight is 251 g/mol. The fourth-order valence-corrected chi connectivity index (χ4v) is 3.55. The van der Waals surface area contributed by atoms with E-state index >= 15 is 0 Å². The molecule has 0 radical (unpaired) electrons. The summed E-state index contributed by atoms with van der Waals surface area (Å²) in [7, 11) is 0. The number of hydrogen-bond acceptors (Lipinski definition) is 1. The Balaban J connectivity index is 1.66. The summed E-state index contributed by atoms with van der Waals surface area (Å²) < 4.78 is 0. The van der Waals surface area contributed by atoms with Gasteiger partial charge in [-0.15, -0.1) is 0 Å². The topological polar surface area (TPSA) is 12.0 Å². The standard InChI is InChI=1S/C17H33N/c1-5-17(3,4)15-8-10-16(11-9-15)18-12-13(2)14-6-7-14/h13-16,18H,5-12H2,1-4H3. The minimum Gasteiger partial charge on any atom is -0.314 e. The summed E-state index contributed by atoms with van der Waals surface area (Å²) >= 11 is 0. The number of hydrogen-bond donors (Lipinski definition) is 1. The second-order valence-corrected chi connectivity index (χ2v) is 7.61. The SMILES string of the molecule is CCC(C)(C)C1CCC(NCC(C)C2CC2)CC1. The van der Waals surface area contributed by atoms with E-state index in [2.05, 4.69) is 33.0 Å². The van der Waals surface area contributed by atoms with Crippen molar-refractivity contribution in [3.63, 3.8) is 0 Å². The van der Waals surface area contributed by atoms with E-state index in [0.29, 0.717) is 5.41 Å². The molecule has 0 saturated heterocycles. The van der Waals surface area contributed by atoms with Crippen LogP contribution in [0.3, 0.4) is 0 Å². The molecule has 2 aliphatic carbocycles. The van der Waals surface area contributed by atoms with Crippen molar-refractivity contribution >= 4 is 0 Å². The molecule has 1 atom stereocenters. The zero-order chi connectivity index (χ0) is 13.2. The van der Waals surface area contributed by atoms with Crippen molar-refractivity contribution in [3.05, 3.63) is 0 Å². The molecule has 0 spiro atoms. The molecule has 0 aromatic heterocycles. The van der Waals surface area contributed by atoms with Crippen molar-refractivity contribution in [2.75, 3.05) is 6.54 Å². The van der Waals surface area contributed by atoms with Crippen LogP contribution in [0.25, 0.3) is 0 Å². The fraction of sp³-hybridized carbons (Fsp3) is 1.00. The van der Waals surface area contributed by atoms with Gasteiger partial charge in [0.15, 0.2) is 0 Å². The van der Waals surface area contributed by atoms with Crippen LogP contribution in [0.15, 0.2) is 0 Å². The van der Waals surface area contributed by atoms with Gasteiger partial charge < -0.3 is 5.32 Å². The van der Waals surface area contributed by atoms with Gasteiger partial charge in [-0.05, 0) is 68.2 Å². The Kier molecular flexibility index (Phi) is 4.75. The highest BCUT2D eigenvalue weighted by Crippen LogP contribution is 2.40. The van der Waals surface area contributed by atoms with Crippen LogP contribution in [0, 0.1) is 23.2 Å². The molecule has 2 fully saturated rings. The van der Waals surface area contributed by atoms with Crippen LogP contribution >= 0.6 is 0 Å². The van der Waals surface area contributed by atoms with Gasteiger partial charge in [0.1, 0.15) is 0 Å². The minimum absolute atomic E-state index is 0.562. The average Bonchev–Trinajstić information content (AvgIpc) is 3.20. The first-order valence-corrected chi connectivity index (χ1v) is 8.26. The largest absolute Gasteiger partial charge is 0.314 e. The number of rotatable bonds is 6. The molecule has 2 aliphatic rings. The first kappa shape index (κ1) is 14.4. The molecule has 0 aromatic rings. The summed E-state index contributed by atoms with van der Waals surface area (Å²) in [5.41, 5.74) is 0.562. The zero-order valence-corrected chi connectivity index (χ0v) is 13.0. The number of nitrogens with one attached hydrogen (secondary N) is 1. The summed E-state index contributed by atoms with van der Waals surface area (Å²) in [5, 5.41) is 3.83.